The molecule has 0 bridgehead atoms. The zero-order valence-electron chi connectivity index (χ0n) is 20.0. The number of carboxylic acids is 2. The molecule has 8 nitrogen and oxygen atoms in total. The minimum absolute atomic E-state index is 0.0144. The van der Waals surface area contributed by atoms with Gasteiger partial charge in [0.05, 0.1) is 5.92 Å². The number of carbonyl (C=O) groups is 3. The summed E-state index contributed by atoms with van der Waals surface area (Å²) in [5, 5.41) is 17.6. The van der Waals surface area contributed by atoms with Crippen LogP contribution in [0.5, 0.6) is 0 Å². The number of thiophene rings is 1. The van der Waals surface area contributed by atoms with E-state index in [1.54, 1.807) is 6.20 Å². The second-order valence-corrected chi connectivity index (χ2v) is 10.1. The number of nitrogens with one attached hydrogen (secondary N) is 1. The lowest BCUT2D eigenvalue weighted by Crippen LogP contribution is -2.50. The van der Waals surface area contributed by atoms with Gasteiger partial charge in [-0.1, -0.05) is 6.07 Å². The predicted octanol–water partition coefficient (Wildman–Crippen LogP) is 4.36. The Kier molecular flexibility index (Phi) is 10.3. The average Bonchev–Trinajstić information content (AvgIpc) is 3.38. The van der Waals surface area contributed by atoms with E-state index in [1.807, 2.05) is 29.7 Å². The Morgan fingerprint density at radius 1 is 1.08 bits per heavy atom. The van der Waals surface area contributed by atoms with Gasteiger partial charge in [-0.25, -0.2) is 9.59 Å². The summed E-state index contributed by atoms with van der Waals surface area (Å²) in [4.78, 5) is 39.8. The number of rotatable bonds is 3. The number of alkyl halides is 6. The van der Waals surface area contributed by atoms with Gasteiger partial charge in [0.2, 0.25) is 5.91 Å². The maximum Gasteiger partial charge on any atom is 0.490 e. The fourth-order valence-electron chi connectivity index (χ4n) is 3.99. The maximum absolute atomic E-state index is 12.5. The van der Waals surface area contributed by atoms with Crippen molar-refractivity contribution in [1.29, 1.82) is 0 Å². The molecular formula is C23H25F6N3O5S. The number of piperidine rings is 1. The van der Waals surface area contributed by atoms with Crippen molar-refractivity contribution in [2.45, 2.75) is 56.5 Å². The lowest BCUT2D eigenvalue weighted by molar-refractivity contribution is -0.193. The summed E-state index contributed by atoms with van der Waals surface area (Å²) < 4.78 is 63.5. The number of aryl methyl sites for hydroxylation is 1. The van der Waals surface area contributed by atoms with Crippen LogP contribution >= 0.6 is 11.3 Å². The molecule has 4 heterocycles. The van der Waals surface area contributed by atoms with E-state index < -0.39 is 24.3 Å². The summed E-state index contributed by atoms with van der Waals surface area (Å²) >= 11 is 1.88. The number of nitrogens with zero attached hydrogens (tertiary/aromatic N) is 2. The quantitative estimate of drug-likeness (QED) is 0.470. The topological polar surface area (TPSA) is 120 Å². The van der Waals surface area contributed by atoms with Crippen molar-refractivity contribution in [1.82, 2.24) is 15.2 Å². The largest absolute Gasteiger partial charge is 0.490 e. The summed E-state index contributed by atoms with van der Waals surface area (Å²) in [5.41, 5.74) is 1.03. The molecule has 2 aromatic heterocycles. The Morgan fingerprint density at radius 3 is 2.05 bits per heavy atom. The highest BCUT2D eigenvalue weighted by atomic mass is 32.1. The highest BCUT2D eigenvalue weighted by Crippen LogP contribution is 2.39. The number of aromatic nitrogens is 1. The first-order valence-corrected chi connectivity index (χ1v) is 11.9. The lowest BCUT2D eigenvalue weighted by atomic mass is 9.82. The maximum atomic E-state index is 12.5. The van der Waals surface area contributed by atoms with E-state index in [4.69, 9.17) is 19.8 Å². The Balaban J connectivity index is 0.000000301. The van der Waals surface area contributed by atoms with Crippen molar-refractivity contribution in [3.63, 3.8) is 0 Å². The molecule has 3 N–H and O–H groups in total. The second-order valence-electron chi connectivity index (χ2n) is 8.71. The number of hydrogen-bond acceptors (Lipinski definition) is 6. The molecule has 0 aliphatic carbocycles. The first kappa shape index (κ1) is 31.0. The number of halogens is 6. The zero-order valence-corrected chi connectivity index (χ0v) is 20.8. The summed E-state index contributed by atoms with van der Waals surface area (Å²) in [6, 6.07) is 8.37. The van der Waals surface area contributed by atoms with Crippen molar-refractivity contribution in [2.75, 3.05) is 13.1 Å². The first-order valence-electron chi connectivity index (χ1n) is 11.1. The van der Waals surface area contributed by atoms with E-state index in [0.717, 1.165) is 44.5 Å². The monoisotopic (exact) mass is 569 g/mol. The van der Waals surface area contributed by atoms with Crippen LogP contribution < -0.4 is 5.32 Å². The highest BCUT2D eigenvalue weighted by Gasteiger charge is 2.46. The standard InChI is InChI=1S/C19H23N3OS.2C2HF3O2/c1-14-4-5-16(24-14)13-22-9-6-19(7-10-22)11-17(18(23)21-19)15-3-2-8-20-12-15;2*3-2(4,5)1(6)7/h2-5,8,12,17H,6-7,9-11,13H2,1H3,(H,21,23);2*(H,6,7). The molecular weight excluding hydrogens is 544 g/mol. The second kappa shape index (κ2) is 12.6. The van der Waals surface area contributed by atoms with Crippen LogP contribution in [0.3, 0.4) is 0 Å². The molecule has 2 fully saturated rings. The van der Waals surface area contributed by atoms with E-state index in [1.165, 1.54) is 9.75 Å². The van der Waals surface area contributed by atoms with Crippen LogP contribution in [-0.2, 0) is 20.9 Å². The summed E-state index contributed by atoms with van der Waals surface area (Å²) in [6.45, 7) is 5.30. The Morgan fingerprint density at radius 2 is 1.63 bits per heavy atom. The van der Waals surface area contributed by atoms with Gasteiger partial charge in [0.1, 0.15) is 0 Å². The molecule has 1 amide bonds. The molecule has 4 rings (SSSR count). The Labute approximate surface area is 217 Å². The van der Waals surface area contributed by atoms with Crippen molar-refractivity contribution in [3.05, 3.63) is 52.0 Å². The third-order valence-electron chi connectivity index (χ3n) is 5.86. The summed E-state index contributed by atoms with van der Waals surface area (Å²) in [5.74, 6) is -5.38. The number of carboxylic acid groups (broad SMARTS) is 2. The Hall–Kier alpha value is -3.20. The van der Waals surface area contributed by atoms with Gasteiger partial charge in [-0.3, -0.25) is 14.7 Å². The number of hydrogen-bond donors (Lipinski definition) is 3. The van der Waals surface area contributed by atoms with Crippen LogP contribution in [0.25, 0.3) is 0 Å². The molecule has 0 aromatic carbocycles. The van der Waals surface area contributed by atoms with Crippen LogP contribution in [0, 0.1) is 6.92 Å². The van der Waals surface area contributed by atoms with Crippen LogP contribution in [0.1, 0.15) is 40.5 Å². The van der Waals surface area contributed by atoms with Gasteiger partial charge in [-0.15, -0.1) is 11.3 Å². The molecule has 2 aliphatic rings. The third kappa shape index (κ3) is 9.28. The van der Waals surface area contributed by atoms with Crippen LogP contribution in [0.4, 0.5) is 26.3 Å². The van der Waals surface area contributed by atoms with Gasteiger partial charge in [0.15, 0.2) is 0 Å². The summed E-state index contributed by atoms with van der Waals surface area (Å²) in [6.07, 6.45) is -3.59. The highest BCUT2D eigenvalue weighted by molar-refractivity contribution is 7.11. The van der Waals surface area contributed by atoms with Crippen molar-refractivity contribution in [3.8, 4) is 0 Å². The van der Waals surface area contributed by atoms with Gasteiger partial charge >= 0.3 is 24.3 Å². The average molecular weight is 570 g/mol. The molecule has 210 valence electrons. The molecule has 1 spiro atoms. The van der Waals surface area contributed by atoms with Crippen LogP contribution in [0.15, 0.2) is 36.7 Å². The molecule has 2 aromatic rings. The molecule has 0 radical (unpaired) electrons. The van der Waals surface area contributed by atoms with Gasteiger partial charge in [0, 0.05) is 47.3 Å². The molecule has 1 unspecified atom stereocenters. The fourth-order valence-corrected chi connectivity index (χ4v) is 4.93. The molecule has 2 saturated heterocycles. The van der Waals surface area contributed by atoms with Gasteiger partial charge in [-0.2, -0.15) is 26.3 Å². The van der Waals surface area contributed by atoms with E-state index in [2.05, 4.69) is 34.3 Å². The van der Waals surface area contributed by atoms with E-state index in [9.17, 15) is 31.1 Å². The lowest BCUT2D eigenvalue weighted by Gasteiger charge is -2.39. The van der Waals surface area contributed by atoms with Gasteiger partial charge in [0.25, 0.3) is 0 Å². The zero-order chi connectivity index (χ0) is 28.7. The molecule has 15 heteroatoms. The third-order valence-corrected chi connectivity index (χ3v) is 6.85. The predicted molar refractivity (Wildman–Crippen MR) is 123 cm³/mol. The number of amides is 1. The van der Waals surface area contributed by atoms with E-state index >= 15 is 0 Å². The van der Waals surface area contributed by atoms with Gasteiger partial charge < -0.3 is 15.5 Å². The molecule has 0 saturated carbocycles. The number of likely N-dealkylation sites (tertiary alicyclic amines) is 1. The molecule has 1 atom stereocenters. The van der Waals surface area contributed by atoms with Crippen LogP contribution in [-0.4, -0.2) is 68.9 Å². The smallest absolute Gasteiger partial charge is 0.475 e. The minimum Gasteiger partial charge on any atom is -0.475 e. The van der Waals surface area contributed by atoms with Crippen LogP contribution in [0.2, 0.25) is 0 Å². The fraction of sp³-hybridized carbons (Fsp3) is 0.478. The summed E-state index contributed by atoms with van der Waals surface area (Å²) in [7, 11) is 0. The van der Waals surface area contributed by atoms with Gasteiger partial charge in [-0.05, 0) is 49.9 Å². The Bertz CT molecular complexity index is 1070. The normalized spacial score (nSPS) is 19.0. The molecule has 2 aliphatic heterocycles. The van der Waals surface area contributed by atoms with Crippen molar-refractivity contribution < 1.29 is 50.9 Å². The minimum atomic E-state index is -5.08. The van der Waals surface area contributed by atoms with E-state index in [0.29, 0.717) is 0 Å². The van der Waals surface area contributed by atoms with Crippen molar-refractivity contribution in [2.24, 2.45) is 0 Å². The number of pyridine rings is 1. The number of aliphatic carboxylic acids is 2. The molecule has 38 heavy (non-hydrogen) atoms. The number of carbonyl (C=O) groups excluding carboxylic acids is 1. The van der Waals surface area contributed by atoms with Crippen molar-refractivity contribution >= 4 is 29.2 Å². The van der Waals surface area contributed by atoms with E-state index in [-0.39, 0.29) is 17.4 Å². The SMILES string of the molecule is Cc1ccc(CN2CCC3(CC2)CC(c2cccnc2)C(=O)N3)s1.O=C(O)C(F)(F)F.O=C(O)C(F)(F)F. The first-order chi connectivity index (χ1) is 17.5.